The fourth-order valence-corrected chi connectivity index (χ4v) is 7.22. The third-order valence-electron chi connectivity index (χ3n) is 9.97. The summed E-state index contributed by atoms with van der Waals surface area (Å²) in [5, 5.41) is 2.46. The molecule has 21 heteroatoms. The van der Waals surface area contributed by atoms with E-state index in [9.17, 15) is 22.8 Å². The van der Waals surface area contributed by atoms with Crippen LogP contribution in [0.1, 0.15) is 22.6 Å². The van der Waals surface area contributed by atoms with Gasteiger partial charge in [0.2, 0.25) is 23.8 Å². The summed E-state index contributed by atoms with van der Waals surface area (Å²) in [7, 11) is 0. The summed E-state index contributed by atoms with van der Waals surface area (Å²) in [6, 6.07) is 13.9. The lowest BCUT2D eigenvalue weighted by atomic mass is 10.1. The molecular weight excluding hydrogens is 928 g/mol. The van der Waals surface area contributed by atoms with Crippen molar-refractivity contribution in [1.82, 2.24) is 34.9 Å². The molecule has 17 nitrogen and oxygen atoms in total. The van der Waals surface area contributed by atoms with E-state index in [4.69, 9.17) is 43.7 Å². The van der Waals surface area contributed by atoms with Gasteiger partial charge in [0.1, 0.15) is 11.6 Å². The zero-order valence-electron chi connectivity index (χ0n) is 34.0. The number of fused-ring (bicyclic) bond motifs is 1. The Labute approximate surface area is 368 Å². The number of anilines is 4. The highest BCUT2D eigenvalue weighted by atomic mass is 127. The van der Waals surface area contributed by atoms with Crippen molar-refractivity contribution in [2.75, 3.05) is 114 Å². The molecule has 4 heterocycles. The van der Waals surface area contributed by atoms with Crippen LogP contribution in [0.15, 0.2) is 54.6 Å². The molecule has 0 aliphatic carbocycles. The van der Waals surface area contributed by atoms with Gasteiger partial charge in [-0.15, -0.1) is 0 Å². The Morgan fingerprint density at radius 3 is 2.10 bits per heavy atom. The van der Waals surface area contributed by atoms with Gasteiger partial charge in [-0.3, -0.25) is 19.0 Å². The Hall–Kier alpha value is -5.20. The molecule has 7 rings (SSSR count). The van der Waals surface area contributed by atoms with Crippen LogP contribution >= 0.6 is 22.6 Å². The van der Waals surface area contributed by atoms with Gasteiger partial charge in [0, 0.05) is 42.8 Å². The molecule has 5 aromatic rings. The lowest BCUT2D eigenvalue weighted by Crippen LogP contribution is -2.49. The number of para-hydroxylation sites is 2. The SMILES string of the molecule is Cc1nc2ccccc2n1-c1nc(N2CCOCC2)nc(N2CCN(C(=O)CCOCCOCCOCCONC(=O)c3ccc(F)c(F)c3Nc3ccc(I)cc3F)CC2)n1. The molecule has 0 saturated carbocycles. The van der Waals surface area contributed by atoms with Gasteiger partial charge in [0.05, 0.1) is 93.9 Å². The smallest absolute Gasteiger partial charge is 0.277 e. The average molecular weight is 975 g/mol. The number of nitrogens with one attached hydrogen (secondary N) is 2. The minimum atomic E-state index is -1.34. The molecular formula is C41H46F3IN10O7. The van der Waals surface area contributed by atoms with E-state index < -0.39 is 29.0 Å². The Balaban J connectivity index is 0.764. The van der Waals surface area contributed by atoms with Crippen molar-refractivity contribution in [3.63, 3.8) is 0 Å². The number of nitrogens with zero attached hydrogens (tertiary/aromatic N) is 8. The maximum absolute atomic E-state index is 14.6. The van der Waals surface area contributed by atoms with Crippen LogP contribution in [0.4, 0.5) is 36.4 Å². The first-order valence-electron chi connectivity index (χ1n) is 20.1. The number of morpholine rings is 1. The second-order valence-corrected chi connectivity index (χ2v) is 15.3. The molecule has 2 aromatic heterocycles. The topological polar surface area (TPSA) is 171 Å². The monoisotopic (exact) mass is 974 g/mol. The molecule has 0 spiro atoms. The summed E-state index contributed by atoms with van der Waals surface area (Å²) < 4.78 is 67.7. The largest absolute Gasteiger partial charge is 0.379 e. The van der Waals surface area contributed by atoms with Gasteiger partial charge in [0.25, 0.3) is 5.91 Å². The standard InChI is InChI=1S/C41H46F3IN10O7/c1-27-46-33-4-2-3-5-34(33)55(27)41-49-39(48-40(50-41)54-15-18-59-19-16-54)53-13-11-52(12-14-53)35(56)10-17-58-20-21-60-22-23-61-24-25-62-51-38(57)29-7-8-30(42)36(44)37(29)47-32-9-6-28(45)26-31(32)43/h2-9,26,47H,10-25H2,1H3,(H,51,57). The van der Waals surface area contributed by atoms with Crippen molar-refractivity contribution in [3.05, 3.63) is 87.0 Å². The maximum atomic E-state index is 14.6. The normalized spacial score (nSPS) is 14.4. The number of carbonyl (C=O) groups is 2. The van der Waals surface area contributed by atoms with Gasteiger partial charge in [-0.25, -0.2) is 23.6 Å². The molecule has 330 valence electrons. The van der Waals surface area contributed by atoms with Gasteiger partial charge in [-0.05, 0) is 72.0 Å². The van der Waals surface area contributed by atoms with Crippen LogP contribution < -0.4 is 20.6 Å². The molecule has 2 aliphatic heterocycles. The van der Waals surface area contributed by atoms with E-state index in [1.54, 1.807) is 6.07 Å². The molecule has 62 heavy (non-hydrogen) atoms. The molecule has 3 aromatic carbocycles. The summed E-state index contributed by atoms with van der Waals surface area (Å²) >= 11 is 1.91. The number of hydroxylamine groups is 1. The van der Waals surface area contributed by atoms with Crippen LogP contribution in [-0.4, -0.2) is 140 Å². The van der Waals surface area contributed by atoms with E-state index in [2.05, 4.69) is 20.6 Å². The van der Waals surface area contributed by atoms with Crippen molar-refractivity contribution >= 4 is 68.7 Å². The Kier molecular flexibility index (Phi) is 15.7. The molecule has 2 saturated heterocycles. The predicted octanol–water partition coefficient (Wildman–Crippen LogP) is 4.57. The first-order chi connectivity index (χ1) is 30.2. The lowest BCUT2D eigenvalue weighted by Gasteiger charge is -2.35. The Morgan fingerprint density at radius 1 is 0.742 bits per heavy atom. The Bertz CT molecular complexity index is 2330. The van der Waals surface area contributed by atoms with E-state index >= 15 is 0 Å². The third kappa shape index (κ3) is 11.4. The van der Waals surface area contributed by atoms with Crippen LogP contribution in [0, 0.1) is 27.9 Å². The molecule has 2 fully saturated rings. The number of rotatable bonds is 19. The number of halogens is 4. The van der Waals surface area contributed by atoms with Gasteiger partial charge < -0.3 is 39.0 Å². The quantitative estimate of drug-likeness (QED) is 0.0671. The van der Waals surface area contributed by atoms with Crippen LogP contribution in [0.2, 0.25) is 0 Å². The maximum Gasteiger partial charge on any atom is 0.277 e. The number of hydrogen-bond acceptors (Lipinski definition) is 14. The average Bonchev–Trinajstić information content (AvgIpc) is 3.63. The molecule has 2 N–H and O–H groups in total. The third-order valence-corrected chi connectivity index (χ3v) is 10.6. The predicted molar refractivity (Wildman–Crippen MR) is 230 cm³/mol. The van der Waals surface area contributed by atoms with Gasteiger partial charge in [-0.1, -0.05) is 12.1 Å². The molecule has 0 unspecified atom stereocenters. The van der Waals surface area contributed by atoms with Crippen LogP contribution in [0.3, 0.4) is 0 Å². The van der Waals surface area contributed by atoms with E-state index in [1.165, 1.54) is 12.1 Å². The van der Waals surface area contributed by atoms with Crippen molar-refractivity contribution in [2.24, 2.45) is 0 Å². The number of carbonyl (C=O) groups excluding carboxylic acids is 2. The lowest BCUT2D eigenvalue weighted by molar-refractivity contribution is -0.132. The van der Waals surface area contributed by atoms with Crippen molar-refractivity contribution in [3.8, 4) is 5.95 Å². The van der Waals surface area contributed by atoms with Gasteiger partial charge in [0.15, 0.2) is 11.6 Å². The van der Waals surface area contributed by atoms with Crippen molar-refractivity contribution < 1.29 is 46.5 Å². The summed E-state index contributed by atoms with van der Waals surface area (Å²) in [4.78, 5) is 56.2. The highest BCUT2D eigenvalue weighted by molar-refractivity contribution is 14.1. The van der Waals surface area contributed by atoms with Crippen LogP contribution in [0.5, 0.6) is 0 Å². The number of hydrogen-bond donors (Lipinski definition) is 2. The first-order valence-corrected chi connectivity index (χ1v) is 21.2. The van der Waals surface area contributed by atoms with Crippen molar-refractivity contribution in [1.29, 1.82) is 0 Å². The molecule has 2 amide bonds. The van der Waals surface area contributed by atoms with Gasteiger partial charge in [-0.2, -0.15) is 15.0 Å². The summed E-state index contributed by atoms with van der Waals surface area (Å²) in [6.07, 6.45) is 0.239. The number of imidazole rings is 1. The summed E-state index contributed by atoms with van der Waals surface area (Å²) in [5.41, 5.74) is 2.96. The second kappa shape index (κ2) is 21.7. The second-order valence-electron chi connectivity index (χ2n) is 14.1. The van der Waals surface area contributed by atoms with Crippen LogP contribution in [0.25, 0.3) is 17.0 Å². The number of amides is 2. The minimum Gasteiger partial charge on any atom is -0.379 e. The highest BCUT2D eigenvalue weighted by Gasteiger charge is 2.26. The van der Waals surface area contributed by atoms with Gasteiger partial charge >= 0.3 is 0 Å². The number of ether oxygens (including phenoxy) is 4. The summed E-state index contributed by atoms with van der Waals surface area (Å²) in [6.45, 7) is 8.04. The highest BCUT2D eigenvalue weighted by Crippen LogP contribution is 2.29. The van der Waals surface area contributed by atoms with E-state index in [-0.39, 0.29) is 56.6 Å². The zero-order chi connectivity index (χ0) is 43.4. The number of aryl methyl sites for hydroxylation is 1. The van der Waals surface area contributed by atoms with E-state index in [1.807, 2.05) is 63.2 Å². The fraction of sp³-hybridized carbons (Fsp3) is 0.415. The molecule has 2 aliphatic rings. The molecule has 0 bridgehead atoms. The molecule has 0 atom stereocenters. The van der Waals surface area contributed by atoms with Crippen LogP contribution in [-0.2, 0) is 28.6 Å². The number of benzene rings is 3. The van der Waals surface area contributed by atoms with E-state index in [0.29, 0.717) is 87.1 Å². The van der Waals surface area contributed by atoms with Crippen molar-refractivity contribution in [2.45, 2.75) is 13.3 Å². The molecule has 0 radical (unpaired) electrons. The first kappa shape index (κ1) is 44.8. The minimum absolute atomic E-state index is 0.00237. The Morgan fingerprint density at radius 2 is 1.39 bits per heavy atom. The fourth-order valence-electron chi connectivity index (χ4n) is 6.76. The zero-order valence-corrected chi connectivity index (χ0v) is 36.1. The summed E-state index contributed by atoms with van der Waals surface area (Å²) in [5.74, 6) is -1.72. The number of aromatic nitrogens is 5. The van der Waals surface area contributed by atoms with E-state index in [0.717, 1.165) is 29.0 Å². The number of piperazine rings is 1.